The molecule has 0 unspecified atom stereocenters. The quantitative estimate of drug-likeness (QED) is 0.471. The van der Waals surface area contributed by atoms with E-state index in [1.165, 1.54) is 25.7 Å². The SMILES string of the molecule is CC(C)(C)CCCCCc1c(O)ccc(CCCCC(C)(C)C)c1O. The fourth-order valence-corrected chi connectivity index (χ4v) is 3.23. The Hall–Kier alpha value is -1.18. The van der Waals surface area contributed by atoms with Gasteiger partial charge in [0.2, 0.25) is 0 Å². The molecule has 144 valence electrons. The van der Waals surface area contributed by atoms with Gasteiger partial charge in [0, 0.05) is 5.56 Å². The summed E-state index contributed by atoms with van der Waals surface area (Å²) in [4.78, 5) is 0. The standard InChI is InChI=1S/C23H40O2/c1-22(2,3)16-10-7-8-13-19-20(24)15-14-18(21(19)25)12-9-11-17-23(4,5)6/h14-15,24-25H,7-13,16-17H2,1-6H3. The lowest BCUT2D eigenvalue weighted by Gasteiger charge is -2.18. The van der Waals surface area contributed by atoms with Crippen molar-refractivity contribution >= 4 is 0 Å². The molecule has 0 aromatic heterocycles. The van der Waals surface area contributed by atoms with Gasteiger partial charge in [-0.05, 0) is 61.0 Å². The Morgan fingerprint density at radius 1 is 0.680 bits per heavy atom. The largest absolute Gasteiger partial charge is 0.508 e. The van der Waals surface area contributed by atoms with Gasteiger partial charge in [-0.3, -0.25) is 0 Å². The van der Waals surface area contributed by atoms with Crippen LogP contribution in [0.1, 0.15) is 97.6 Å². The van der Waals surface area contributed by atoms with E-state index in [4.69, 9.17) is 0 Å². The van der Waals surface area contributed by atoms with Crippen molar-refractivity contribution in [1.29, 1.82) is 0 Å². The molecule has 0 aliphatic carbocycles. The molecule has 0 radical (unpaired) electrons. The average Bonchev–Trinajstić information content (AvgIpc) is 2.46. The Morgan fingerprint density at radius 2 is 1.20 bits per heavy atom. The highest BCUT2D eigenvalue weighted by Gasteiger charge is 2.14. The Bertz CT molecular complexity index is 518. The summed E-state index contributed by atoms with van der Waals surface area (Å²) in [5, 5.41) is 20.7. The number of phenols is 2. The van der Waals surface area contributed by atoms with Crippen molar-refractivity contribution in [2.24, 2.45) is 10.8 Å². The second-order valence-electron chi connectivity index (χ2n) is 9.96. The summed E-state index contributed by atoms with van der Waals surface area (Å²) >= 11 is 0. The molecule has 0 bridgehead atoms. The molecule has 2 nitrogen and oxygen atoms in total. The van der Waals surface area contributed by atoms with Crippen LogP contribution in [0.5, 0.6) is 11.5 Å². The normalized spacial score (nSPS) is 12.6. The zero-order valence-electron chi connectivity index (χ0n) is 17.4. The molecule has 0 aliphatic rings. The molecule has 0 aliphatic heterocycles. The summed E-state index contributed by atoms with van der Waals surface area (Å²) in [7, 11) is 0. The Labute approximate surface area is 155 Å². The van der Waals surface area contributed by atoms with Gasteiger partial charge in [0.1, 0.15) is 11.5 Å². The van der Waals surface area contributed by atoms with Crippen LogP contribution in [0.15, 0.2) is 12.1 Å². The van der Waals surface area contributed by atoms with E-state index in [0.717, 1.165) is 43.2 Å². The highest BCUT2D eigenvalue weighted by molar-refractivity contribution is 5.48. The van der Waals surface area contributed by atoms with Gasteiger partial charge in [0.15, 0.2) is 0 Å². The van der Waals surface area contributed by atoms with E-state index >= 15 is 0 Å². The third kappa shape index (κ3) is 9.18. The molecule has 0 saturated carbocycles. The van der Waals surface area contributed by atoms with E-state index in [0.29, 0.717) is 16.6 Å². The number of aromatic hydroxyl groups is 2. The fourth-order valence-electron chi connectivity index (χ4n) is 3.23. The van der Waals surface area contributed by atoms with Gasteiger partial charge < -0.3 is 10.2 Å². The molecule has 1 aromatic rings. The third-order valence-electron chi connectivity index (χ3n) is 4.82. The van der Waals surface area contributed by atoms with Crippen molar-refractivity contribution in [3.8, 4) is 11.5 Å². The number of rotatable bonds is 9. The minimum Gasteiger partial charge on any atom is -0.508 e. The van der Waals surface area contributed by atoms with Crippen LogP contribution in [-0.2, 0) is 12.8 Å². The molecular formula is C23H40O2. The zero-order valence-corrected chi connectivity index (χ0v) is 17.4. The number of hydrogen-bond acceptors (Lipinski definition) is 2. The molecule has 0 spiro atoms. The first-order valence-electron chi connectivity index (χ1n) is 10.0. The number of unbranched alkanes of at least 4 members (excludes halogenated alkanes) is 3. The summed E-state index contributed by atoms with van der Waals surface area (Å²) < 4.78 is 0. The lowest BCUT2D eigenvalue weighted by Crippen LogP contribution is -2.04. The number of phenolic OH excluding ortho intramolecular Hbond substituents is 2. The first kappa shape index (κ1) is 21.9. The van der Waals surface area contributed by atoms with E-state index in [-0.39, 0.29) is 5.75 Å². The molecule has 0 fully saturated rings. The molecule has 2 N–H and O–H groups in total. The van der Waals surface area contributed by atoms with Crippen molar-refractivity contribution in [3.63, 3.8) is 0 Å². The molecule has 25 heavy (non-hydrogen) atoms. The minimum atomic E-state index is 0.242. The predicted molar refractivity (Wildman–Crippen MR) is 108 cm³/mol. The molecule has 1 rings (SSSR count). The molecule has 0 amide bonds. The second kappa shape index (κ2) is 9.50. The van der Waals surface area contributed by atoms with Gasteiger partial charge in [0.05, 0.1) is 0 Å². The predicted octanol–water partition coefficient (Wildman–Crippen LogP) is 7.01. The summed E-state index contributed by atoms with van der Waals surface area (Å²) in [6.07, 6.45) is 9.70. The van der Waals surface area contributed by atoms with Gasteiger partial charge in [-0.25, -0.2) is 0 Å². The topological polar surface area (TPSA) is 40.5 Å². The first-order chi connectivity index (χ1) is 11.5. The van der Waals surface area contributed by atoms with E-state index in [1.807, 2.05) is 6.07 Å². The van der Waals surface area contributed by atoms with Gasteiger partial charge in [0.25, 0.3) is 0 Å². The molecule has 0 atom stereocenters. The molecule has 1 aromatic carbocycles. The zero-order chi connectivity index (χ0) is 19.1. The molecular weight excluding hydrogens is 308 g/mol. The molecule has 0 heterocycles. The lowest BCUT2D eigenvalue weighted by molar-refractivity contribution is 0.356. The average molecular weight is 349 g/mol. The van der Waals surface area contributed by atoms with Crippen LogP contribution in [0.25, 0.3) is 0 Å². The lowest BCUT2D eigenvalue weighted by atomic mass is 9.88. The number of hydrogen-bond donors (Lipinski definition) is 2. The summed E-state index contributed by atoms with van der Waals surface area (Å²) in [6.45, 7) is 13.6. The van der Waals surface area contributed by atoms with Crippen molar-refractivity contribution in [1.82, 2.24) is 0 Å². The third-order valence-corrected chi connectivity index (χ3v) is 4.82. The van der Waals surface area contributed by atoms with Crippen LogP contribution >= 0.6 is 0 Å². The molecule has 0 saturated heterocycles. The van der Waals surface area contributed by atoms with E-state index < -0.39 is 0 Å². The van der Waals surface area contributed by atoms with E-state index in [1.54, 1.807) is 6.07 Å². The summed E-state index contributed by atoms with van der Waals surface area (Å²) in [5.41, 5.74) is 2.48. The van der Waals surface area contributed by atoms with Gasteiger partial charge in [-0.2, -0.15) is 0 Å². The maximum atomic E-state index is 10.6. The van der Waals surface area contributed by atoms with Gasteiger partial charge in [-0.15, -0.1) is 0 Å². The second-order valence-corrected chi connectivity index (χ2v) is 9.96. The molecule has 2 heteroatoms. The van der Waals surface area contributed by atoms with Crippen molar-refractivity contribution in [2.45, 2.75) is 99.3 Å². The van der Waals surface area contributed by atoms with Crippen LogP contribution < -0.4 is 0 Å². The van der Waals surface area contributed by atoms with Gasteiger partial charge >= 0.3 is 0 Å². The van der Waals surface area contributed by atoms with Crippen LogP contribution in [-0.4, -0.2) is 10.2 Å². The minimum absolute atomic E-state index is 0.242. The van der Waals surface area contributed by atoms with Crippen LogP contribution in [0.4, 0.5) is 0 Å². The van der Waals surface area contributed by atoms with E-state index in [2.05, 4.69) is 41.5 Å². The Morgan fingerprint density at radius 3 is 1.76 bits per heavy atom. The smallest absolute Gasteiger partial charge is 0.125 e. The van der Waals surface area contributed by atoms with Crippen LogP contribution in [0, 0.1) is 10.8 Å². The maximum Gasteiger partial charge on any atom is 0.125 e. The van der Waals surface area contributed by atoms with E-state index in [9.17, 15) is 10.2 Å². The van der Waals surface area contributed by atoms with Gasteiger partial charge in [-0.1, -0.05) is 66.9 Å². The highest BCUT2D eigenvalue weighted by Crippen LogP contribution is 2.34. The fraction of sp³-hybridized carbons (Fsp3) is 0.739. The highest BCUT2D eigenvalue weighted by atomic mass is 16.3. The Balaban J connectivity index is 2.51. The maximum absolute atomic E-state index is 10.6. The Kier molecular flexibility index (Phi) is 8.31. The van der Waals surface area contributed by atoms with Crippen LogP contribution in [0.3, 0.4) is 0 Å². The first-order valence-corrected chi connectivity index (χ1v) is 10.0. The number of aryl methyl sites for hydroxylation is 1. The van der Waals surface area contributed by atoms with Crippen LogP contribution in [0.2, 0.25) is 0 Å². The monoisotopic (exact) mass is 348 g/mol. The number of benzene rings is 1. The summed E-state index contributed by atoms with van der Waals surface area (Å²) in [6, 6.07) is 3.63. The van der Waals surface area contributed by atoms with Crippen molar-refractivity contribution in [3.05, 3.63) is 23.3 Å². The summed E-state index contributed by atoms with van der Waals surface area (Å²) in [5.74, 6) is 0.568. The van der Waals surface area contributed by atoms with Crippen molar-refractivity contribution < 1.29 is 10.2 Å². The van der Waals surface area contributed by atoms with Crippen molar-refractivity contribution in [2.75, 3.05) is 0 Å².